The Labute approximate surface area is 194 Å². The Morgan fingerprint density at radius 3 is 2.72 bits per heavy atom. The molecule has 1 aliphatic heterocycles. The number of nitrogens with two attached hydrogens (primary N) is 1. The van der Waals surface area contributed by atoms with Crippen molar-refractivity contribution in [1.82, 2.24) is 0 Å². The zero-order valence-electron chi connectivity index (χ0n) is 16.9. The number of carbonyl (C=O) groups is 1. The number of hydrogen-bond donors (Lipinski definition) is 1. The van der Waals surface area contributed by atoms with Gasteiger partial charge >= 0.3 is 0 Å². The van der Waals surface area contributed by atoms with Gasteiger partial charge in [0.1, 0.15) is 11.5 Å². The molecular weight excluding hydrogens is 454 g/mol. The van der Waals surface area contributed by atoms with E-state index in [4.69, 9.17) is 43.7 Å². The molecule has 5 nitrogen and oxygen atoms in total. The van der Waals surface area contributed by atoms with Crippen LogP contribution < -0.4 is 15.2 Å². The number of nitriles is 1. The van der Waals surface area contributed by atoms with Crippen molar-refractivity contribution in [2.75, 3.05) is 0 Å². The van der Waals surface area contributed by atoms with Crippen molar-refractivity contribution < 1.29 is 18.7 Å². The summed E-state index contributed by atoms with van der Waals surface area (Å²) in [5.41, 5.74) is 5.98. The second kappa shape index (κ2) is 8.34. The smallest absolute Gasteiger partial charge is 0.259 e. The third-order valence-corrected chi connectivity index (χ3v) is 6.01. The molecule has 1 heterocycles. The molecule has 1 aliphatic rings. The van der Waals surface area contributed by atoms with Gasteiger partial charge in [0.25, 0.3) is 5.91 Å². The van der Waals surface area contributed by atoms with Crippen molar-refractivity contribution in [3.05, 3.63) is 87.2 Å². The van der Waals surface area contributed by atoms with Crippen LogP contribution in [0.4, 0.5) is 4.39 Å². The van der Waals surface area contributed by atoms with Crippen molar-refractivity contribution in [3.63, 3.8) is 0 Å². The quantitative estimate of drug-likeness (QED) is 0.529. The Kier molecular flexibility index (Phi) is 5.72. The zero-order valence-corrected chi connectivity index (χ0v) is 18.4. The summed E-state index contributed by atoms with van der Waals surface area (Å²) in [5, 5.41) is 9.44. The lowest BCUT2D eigenvalue weighted by Crippen LogP contribution is -2.46. The topological polar surface area (TPSA) is 85.3 Å². The molecule has 1 amide bonds. The summed E-state index contributed by atoms with van der Waals surface area (Å²) in [6.45, 7) is 1.80. The molecule has 3 aromatic carbocycles. The predicted molar refractivity (Wildman–Crippen MR) is 119 cm³/mol. The van der Waals surface area contributed by atoms with E-state index in [2.05, 4.69) is 0 Å². The minimum absolute atomic E-state index is 0.0457. The maximum atomic E-state index is 15.6. The third-order valence-electron chi connectivity index (χ3n) is 5.49. The number of ether oxygens (including phenoxy) is 2. The van der Waals surface area contributed by atoms with Crippen LogP contribution >= 0.6 is 23.2 Å². The number of amides is 1. The Bertz CT molecular complexity index is 1270. The number of fused-ring (bicyclic) bond motifs is 1. The fourth-order valence-corrected chi connectivity index (χ4v) is 4.41. The van der Waals surface area contributed by atoms with E-state index >= 15 is 4.39 Å². The molecule has 0 aromatic heterocycles. The molecule has 0 aliphatic carbocycles. The van der Waals surface area contributed by atoms with E-state index in [1.165, 1.54) is 30.3 Å². The average Bonchev–Trinajstić information content (AvgIpc) is 3.06. The van der Waals surface area contributed by atoms with Crippen molar-refractivity contribution in [2.45, 2.75) is 24.9 Å². The van der Waals surface area contributed by atoms with E-state index < -0.39 is 23.2 Å². The first-order chi connectivity index (χ1) is 15.2. The van der Waals surface area contributed by atoms with Crippen LogP contribution in [0.1, 0.15) is 23.6 Å². The first kappa shape index (κ1) is 21.9. The first-order valence-electron chi connectivity index (χ1n) is 9.64. The lowest BCUT2D eigenvalue weighted by atomic mass is 9.74. The van der Waals surface area contributed by atoms with E-state index in [0.29, 0.717) is 5.75 Å². The van der Waals surface area contributed by atoms with E-state index in [1.807, 2.05) is 18.2 Å². The number of nitrogens with zero attached hydrogens (tertiary/aromatic N) is 1. The van der Waals surface area contributed by atoms with Crippen LogP contribution in [0.3, 0.4) is 0 Å². The molecule has 4 rings (SSSR count). The molecule has 2 unspecified atom stereocenters. The monoisotopic (exact) mass is 470 g/mol. The Morgan fingerprint density at radius 1 is 1.25 bits per heavy atom. The molecule has 0 bridgehead atoms. The van der Waals surface area contributed by atoms with Crippen LogP contribution in [-0.2, 0) is 16.6 Å². The molecule has 0 fully saturated rings. The van der Waals surface area contributed by atoms with Gasteiger partial charge in [-0.1, -0.05) is 54.4 Å². The van der Waals surface area contributed by atoms with Crippen LogP contribution in [0.15, 0.2) is 54.6 Å². The fraction of sp³-hybridized carbons (Fsp3) is 0.167. The zero-order chi connectivity index (χ0) is 23.0. The van der Waals surface area contributed by atoms with Crippen LogP contribution in [-0.4, -0.2) is 12.0 Å². The van der Waals surface area contributed by atoms with E-state index in [9.17, 15) is 4.79 Å². The molecular formula is C24H17Cl2FN2O3. The van der Waals surface area contributed by atoms with Gasteiger partial charge in [-0.25, -0.2) is 4.39 Å². The summed E-state index contributed by atoms with van der Waals surface area (Å²) in [6, 6.07) is 16.5. The summed E-state index contributed by atoms with van der Waals surface area (Å²) in [7, 11) is 0. The van der Waals surface area contributed by atoms with Gasteiger partial charge in [-0.2, -0.15) is 5.26 Å². The van der Waals surface area contributed by atoms with E-state index in [0.717, 1.165) is 5.56 Å². The Balaban J connectivity index is 1.74. The Hall–Kier alpha value is -3.27. The third kappa shape index (κ3) is 3.86. The number of hydrogen-bond acceptors (Lipinski definition) is 4. The van der Waals surface area contributed by atoms with Crippen LogP contribution in [0.5, 0.6) is 17.2 Å². The Morgan fingerprint density at radius 2 is 2.00 bits per heavy atom. The highest BCUT2D eigenvalue weighted by molar-refractivity contribution is 6.32. The SMILES string of the molecule is CC1(Cc2ccc(Cl)c(Oc3cc(Cl)cc(C#N)c3)c2F)c2ccccc2OC1C(N)=O. The van der Waals surface area contributed by atoms with Gasteiger partial charge in [-0.05, 0) is 42.3 Å². The van der Waals surface area contributed by atoms with Crippen molar-refractivity contribution in [2.24, 2.45) is 5.73 Å². The predicted octanol–water partition coefficient (Wildman–Crippen LogP) is 5.54. The molecule has 32 heavy (non-hydrogen) atoms. The summed E-state index contributed by atoms with van der Waals surface area (Å²) in [4.78, 5) is 12.1. The minimum Gasteiger partial charge on any atom is -0.479 e. The van der Waals surface area contributed by atoms with Gasteiger partial charge in [0.15, 0.2) is 17.7 Å². The number of primary amides is 1. The second-order valence-electron chi connectivity index (χ2n) is 7.73. The highest BCUT2D eigenvalue weighted by Gasteiger charge is 2.48. The maximum Gasteiger partial charge on any atom is 0.259 e. The van der Waals surface area contributed by atoms with Crippen LogP contribution in [0, 0.1) is 17.1 Å². The van der Waals surface area contributed by atoms with Gasteiger partial charge < -0.3 is 15.2 Å². The molecule has 8 heteroatoms. The summed E-state index contributed by atoms with van der Waals surface area (Å²) < 4.78 is 27.0. The van der Waals surface area contributed by atoms with Gasteiger partial charge in [0.2, 0.25) is 0 Å². The summed E-state index contributed by atoms with van der Waals surface area (Å²) in [6.07, 6.45) is -0.860. The highest BCUT2D eigenvalue weighted by atomic mass is 35.5. The number of rotatable bonds is 5. The largest absolute Gasteiger partial charge is 0.479 e. The van der Waals surface area contributed by atoms with Gasteiger partial charge in [0.05, 0.1) is 16.7 Å². The van der Waals surface area contributed by atoms with Crippen molar-refractivity contribution in [3.8, 4) is 23.3 Å². The normalized spacial score (nSPS) is 19.0. The average molecular weight is 471 g/mol. The highest BCUT2D eigenvalue weighted by Crippen LogP contribution is 2.46. The molecule has 0 radical (unpaired) electrons. The molecule has 2 atom stereocenters. The number of carbonyl (C=O) groups excluding carboxylic acids is 1. The molecule has 2 N–H and O–H groups in total. The molecule has 162 valence electrons. The molecule has 0 saturated heterocycles. The first-order valence-corrected chi connectivity index (χ1v) is 10.4. The second-order valence-corrected chi connectivity index (χ2v) is 8.57. The minimum atomic E-state index is -0.967. The maximum absolute atomic E-state index is 15.6. The lowest BCUT2D eigenvalue weighted by Gasteiger charge is -2.29. The van der Waals surface area contributed by atoms with E-state index in [1.54, 1.807) is 19.1 Å². The molecule has 3 aromatic rings. The van der Waals surface area contributed by atoms with E-state index in [-0.39, 0.29) is 39.1 Å². The number of benzene rings is 3. The van der Waals surface area contributed by atoms with Crippen molar-refractivity contribution in [1.29, 1.82) is 5.26 Å². The summed E-state index contributed by atoms with van der Waals surface area (Å²) in [5.74, 6) is -0.834. The van der Waals surface area contributed by atoms with Crippen LogP contribution in [0.2, 0.25) is 10.0 Å². The number of halogens is 3. The lowest BCUT2D eigenvalue weighted by molar-refractivity contribution is -0.126. The standard InChI is InChI=1S/C24H17Cl2FN2O3/c1-24(17-4-2-3-5-19(17)32-22(24)23(29)30)11-14-6-7-18(26)21(20(14)27)31-16-9-13(12-28)8-15(25)10-16/h2-10,22H,11H2,1H3,(H2,29,30). The van der Waals surface area contributed by atoms with Crippen LogP contribution in [0.25, 0.3) is 0 Å². The summed E-state index contributed by atoms with van der Waals surface area (Å²) >= 11 is 12.2. The molecule has 0 spiro atoms. The fourth-order valence-electron chi connectivity index (χ4n) is 4.00. The van der Waals surface area contributed by atoms with Gasteiger partial charge in [-0.15, -0.1) is 0 Å². The van der Waals surface area contributed by atoms with Gasteiger partial charge in [0, 0.05) is 16.0 Å². The molecule has 0 saturated carbocycles. The number of para-hydroxylation sites is 1. The van der Waals surface area contributed by atoms with Crippen molar-refractivity contribution >= 4 is 29.1 Å². The van der Waals surface area contributed by atoms with Gasteiger partial charge in [-0.3, -0.25) is 4.79 Å².